The Morgan fingerprint density at radius 1 is 0.672 bits per heavy atom. The minimum Gasteiger partial charge on any atom is -1.00 e. The molecule has 2 atom stereocenters. The molecule has 0 spiro atoms. The zero-order valence-electron chi connectivity index (χ0n) is 36.6. The summed E-state index contributed by atoms with van der Waals surface area (Å²) in [6.45, 7) is 7.97. The average Bonchev–Trinajstić information content (AvgIpc) is 3.84. The second-order valence-electron chi connectivity index (χ2n) is 17.3. The van der Waals surface area contributed by atoms with Gasteiger partial charge in [0.2, 0.25) is 11.8 Å². The van der Waals surface area contributed by atoms with Crippen molar-refractivity contribution in [2.45, 2.75) is 87.9 Å². The fourth-order valence-corrected chi connectivity index (χ4v) is 9.78. The van der Waals surface area contributed by atoms with Gasteiger partial charge in [-0.15, -0.1) is 0 Å². The zero-order valence-corrected chi connectivity index (χ0v) is 37.1. The molecule has 4 aromatic carbocycles. The monoisotopic (exact) mass is 874 g/mol. The van der Waals surface area contributed by atoms with E-state index in [0.717, 1.165) is 80.6 Å². The minimum absolute atomic E-state index is 0. The van der Waals surface area contributed by atoms with Crippen LogP contribution in [0.25, 0.3) is 0 Å². The van der Waals surface area contributed by atoms with Gasteiger partial charge in [-0.2, -0.15) is 0 Å². The number of rotatable bonds is 10. The first-order chi connectivity index (χ1) is 28.8. The van der Waals surface area contributed by atoms with Crippen molar-refractivity contribution in [3.05, 3.63) is 130 Å². The number of hydrogen-bond acceptors (Lipinski definition) is 5. The quantitative estimate of drug-likeness (QED) is 0.169. The van der Waals surface area contributed by atoms with Crippen molar-refractivity contribution in [1.82, 2.24) is 9.80 Å². The summed E-state index contributed by atoms with van der Waals surface area (Å²) in [7, 11) is 0. The molecule has 2 saturated carbocycles. The van der Waals surface area contributed by atoms with Gasteiger partial charge in [0.1, 0.15) is 0 Å². The Labute approximate surface area is 398 Å². The summed E-state index contributed by atoms with van der Waals surface area (Å²) in [4.78, 5) is 30.8. The molecule has 61 heavy (non-hydrogen) atoms. The number of anilines is 2. The van der Waals surface area contributed by atoms with E-state index in [1.54, 1.807) is 0 Å². The predicted molar refractivity (Wildman–Crippen MR) is 254 cm³/mol. The van der Waals surface area contributed by atoms with Crippen LogP contribution in [0.1, 0.15) is 89.6 Å². The Kier molecular flexibility index (Phi) is 19.7. The summed E-state index contributed by atoms with van der Waals surface area (Å²) in [5.41, 5.74) is 4.48. The molecule has 2 amide bonds. The van der Waals surface area contributed by atoms with Crippen LogP contribution in [0.15, 0.2) is 109 Å². The summed E-state index contributed by atoms with van der Waals surface area (Å²) in [6, 6.07) is 36.4. The van der Waals surface area contributed by atoms with Crippen molar-refractivity contribution in [3.8, 4) is 0 Å². The number of carbonyl (C=O) groups is 2. The molecule has 0 aromatic heterocycles. The van der Waals surface area contributed by atoms with Gasteiger partial charge in [0, 0.05) is 72.8 Å². The van der Waals surface area contributed by atoms with Crippen molar-refractivity contribution < 1.29 is 34.6 Å². The summed E-state index contributed by atoms with van der Waals surface area (Å²) in [5.74, 6) is 0.739. The van der Waals surface area contributed by atoms with Gasteiger partial charge >= 0.3 is 18.9 Å². The van der Waals surface area contributed by atoms with E-state index in [1.807, 2.05) is 59.5 Å². The van der Waals surface area contributed by atoms with E-state index in [0.29, 0.717) is 17.0 Å². The second kappa shape index (κ2) is 24.4. The molecule has 0 bridgehead atoms. The van der Waals surface area contributed by atoms with Crippen LogP contribution < -0.4 is 29.5 Å². The molecule has 322 valence electrons. The van der Waals surface area contributed by atoms with Gasteiger partial charge in [0.05, 0.1) is 11.3 Å². The molecule has 2 N–H and O–H groups in total. The molecule has 0 radical (unpaired) electrons. The standard InChI is InChI=1S/C23H25ClN2O2.C23H29ClN2.C4H8O.Al.Li.4H/c24-19-11-9-18(10-12-19)23(13-5-14-23)22(28)26-15-4-6-17(16-26)21(27)25-20-7-2-1-3-8-20;24-21-11-9-20(10-12-21)23(13-5-14-23)18-26-15-4-6-19(17-26)16-25-22-7-2-1-3-8-22;1-2-4-5-3-1;;;;;;/h1-3,7-12,17H,4-6,13-16H2,(H,25,27);1-3,7-12,19,25H,4-6,13-18H2;1-4H2;;;;;;/q;;;;+1;;;;-1/t17-;19-;;;;;;;/m01......./s1. The number of hydrogen-bond donors (Lipinski definition) is 2. The van der Waals surface area contributed by atoms with Gasteiger partial charge in [-0.1, -0.05) is 96.7 Å². The van der Waals surface area contributed by atoms with E-state index in [-0.39, 0.29) is 55.4 Å². The molecule has 3 heterocycles. The van der Waals surface area contributed by atoms with Crippen LogP contribution in [0, 0.1) is 11.8 Å². The number of ether oxygens (including phenoxy) is 1. The van der Waals surface area contributed by atoms with Crippen molar-refractivity contribution in [2.24, 2.45) is 11.8 Å². The Morgan fingerprint density at radius 3 is 1.79 bits per heavy atom. The molecule has 9 rings (SSSR count). The molecule has 4 aromatic rings. The number of carbonyl (C=O) groups excluding carboxylic acids is 2. The van der Waals surface area contributed by atoms with E-state index in [4.69, 9.17) is 27.9 Å². The van der Waals surface area contributed by atoms with Crippen molar-refractivity contribution in [1.29, 1.82) is 0 Å². The van der Waals surface area contributed by atoms with Crippen LogP contribution in [-0.2, 0) is 25.2 Å². The molecule has 0 unspecified atom stereocenters. The van der Waals surface area contributed by atoms with Gasteiger partial charge in [-0.3, -0.25) is 9.59 Å². The van der Waals surface area contributed by atoms with Crippen molar-refractivity contribution >= 4 is 63.8 Å². The molecular weight excluding hydrogens is 809 g/mol. The molecule has 11 heteroatoms. The maximum atomic E-state index is 13.5. The Bertz CT molecular complexity index is 1910. The Balaban J connectivity index is 0.000000235. The second-order valence-corrected chi connectivity index (χ2v) is 18.2. The van der Waals surface area contributed by atoms with E-state index in [1.165, 1.54) is 75.8 Å². The fourth-order valence-electron chi connectivity index (χ4n) is 9.53. The zero-order chi connectivity index (χ0) is 40.9. The smallest absolute Gasteiger partial charge is 1.00 e. The first-order valence-electron chi connectivity index (χ1n) is 22.1. The Morgan fingerprint density at radius 2 is 1.25 bits per heavy atom. The Hall–Kier alpha value is -2.75. The van der Waals surface area contributed by atoms with Crippen LogP contribution in [0.4, 0.5) is 11.4 Å². The van der Waals surface area contributed by atoms with Crippen LogP contribution in [0.3, 0.4) is 0 Å². The number of benzene rings is 4. The summed E-state index contributed by atoms with van der Waals surface area (Å²) >= 11 is 12.1. The van der Waals surface area contributed by atoms with E-state index >= 15 is 0 Å². The molecule has 3 saturated heterocycles. The van der Waals surface area contributed by atoms with Crippen molar-refractivity contribution in [3.63, 3.8) is 0 Å². The van der Waals surface area contributed by atoms with Gasteiger partial charge < -0.3 is 26.6 Å². The van der Waals surface area contributed by atoms with Crippen molar-refractivity contribution in [2.75, 3.05) is 63.1 Å². The van der Waals surface area contributed by atoms with Crippen LogP contribution >= 0.6 is 23.2 Å². The molecular formula is C50H66AlCl2LiN4O3. The van der Waals surface area contributed by atoms with Gasteiger partial charge in [-0.05, 0) is 136 Å². The fraction of sp³-hybridized carbons (Fsp3) is 0.480. The average molecular weight is 876 g/mol. The van der Waals surface area contributed by atoms with E-state index < -0.39 is 5.41 Å². The number of para-hydroxylation sites is 2. The number of likely N-dealkylation sites (tertiary alicyclic amines) is 2. The first kappa shape index (κ1) is 49.3. The van der Waals surface area contributed by atoms with Crippen LogP contribution in [0.5, 0.6) is 0 Å². The normalized spacial score (nSPS) is 21.2. The number of nitrogens with one attached hydrogen (secondary N) is 2. The summed E-state index contributed by atoms with van der Waals surface area (Å²) < 4.78 is 4.94. The largest absolute Gasteiger partial charge is 1.00 e. The molecule has 5 fully saturated rings. The van der Waals surface area contributed by atoms with Crippen LogP contribution in [0.2, 0.25) is 10.0 Å². The maximum Gasteiger partial charge on any atom is 1.00 e. The molecule has 3 aliphatic heterocycles. The number of nitrogens with zero attached hydrogens (tertiary/aromatic N) is 2. The maximum absolute atomic E-state index is 13.5. The van der Waals surface area contributed by atoms with Gasteiger partial charge in [-0.25, -0.2) is 0 Å². The topological polar surface area (TPSA) is 73.9 Å². The summed E-state index contributed by atoms with van der Waals surface area (Å²) in [6.07, 6.45) is 13.7. The van der Waals surface area contributed by atoms with Crippen LogP contribution in [-0.4, -0.2) is 91.5 Å². The third-order valence-corrected chi connectivity index (χ3v) is 13.7. The van der Waals surface area contributed by atoms with Gasteiger partial charge in [0.25, 0.3) is 0 Å². The number of halogens is 2. The molecule has 5 aliphatic rings. The minimum atomic E-state index is -0.442. The van der Waals surface area contributed by atoms with E-state index in [2.05, 4.69) is 70.1 Å². The van der Waals surface area contributed by atoms with E-state index in [9.17, 15) is 9.59 Å². The SMILES string of the molecule is C1CCOC1.Clc1ccc(C2(CN3CCC[C@H](CNc4ccccc4)C3)CCC2)cc1.O=C(Nc1ccccc1)[C@H]1CCCN(C(=O)C2(c3ccc(Cl)cc3)CCC2)C1.[AlH3].[H-].[Li+]. The van der Waals surface area contributed by atoms with Gasteiger partial charge in [0.15, 0.2) is 17.4 Å². The third kappa shape index (κ3) is 13.4. The number of amides is 2. The molecule has 7 nitrogen and oxygen atoms in total. The molecule has 2 aliphatic carbocycles. The first-order valence-corrected chi connectivity index (χ1v) is 22.8. The predicted octanol–water partition coefficient (Wildman–Crippen LogP) is 6.95. The number of piperidine rings is 2. The summed E-state index contributed by atoms with van der Waals surface area (Å²) in [5, 5.41) is 8.13. The third-order valence-electron chi connectivity index (χ3n) is 13.2.